The number of likely N-dealkylation sites (tertiary alicyclic amines) is 1. The van der Waals surface area contributed by atoms with Crippen LogP contribution < -0.4 is 5.32 Å². The smallest absolute Gasteiger partial charge is 0.00414 e. The average Bonchev–Trinajstić information content (AvgIpc) is 2.32. The Morgan fingerprint density at radius 2 is 1.82 bits per heavy atom. The van der Waals surface area contributed by atoms with E-state index in [2.05, 4.69) is 24.1 Å². The van der Waals surface area contributed by atoms with E-state index in [1.807, 2.05) is 0 Å². The molecule has 0 bridgehead atoms. The van der Waals surface area contributed by atoms with Crippen molar-refractivity contribution < 1.29 is 0 Å². The zero-order valence-electron chi connectivity index (χ0n) is 11.8. The number of hydrogen-bond acceptors (Lipinski definition) is 2. The maximum absolute atomic E-state index is 3.77. The van der Waals surface area contributed by atoms with Crippen LogP contribution >= 0.6 is 0 Å². The van der Waals surface area contributed by atoms with Gasteiger partial charge in [-0.15, -0.1) is 0 Å². The van der Waals surface area contributed by atoms with Gasteiger partial charge in [-0.25, -0.2) is 0 Å². The van der Waals surface area contributed by atoms with Crippen LogP contribution in [0.25, 0.3) is 0 Å². The molecular weight excluding hydrogens is 208 g/mol. The first-order chi connectivity index (χ1) is 8.28. The SMILES string of the molecule is CCN1CCC(CNC(C)CC2CCC2)CC1. The number of rotatable bonds is 6. The zero-order chi connectivity index (χ0) is 12.1. The Balaban J connectivity index is 1.55. The predicted octanol–water partition coefficient (Wildman–Crippen LogP) is 2.89. The molecule has 1 atom stereocenters. The van der Waals surface area contributed by atoms with Crippen LogP contribution in [-0.4, -0.2) is 37.1 Å². The topological polar surface area (TPSA) is 15.3 Å². The van der Waals surface area contributed by atoms with Gasteiger partial charge in [0, 0.05) is 6.04 Å². The predicted molar refractivity (Wildman–Crippen MR) is 74.3 cm³/mol. The van der Waals surface area contributed by atoms with Crippen molar-refractivity contribution in [2.24, 2.45) is 11.8 Å². The molecule has 2 nitrogen and oxygen atoms in total. The Bertz CT molecular complexity index is 205. The highest BCUT2D eigenvalue weighted by atomic mass is 15.1. The second kappa shape index (κ2) is 6.75. The van der Waals surface area contributed by atoms with Crippen LogP contribution in [0.15, 0.2) is 0 Å². The summed E-state index contributed by atoms with van der Waals surface area (Å²) in [5.74, 6) is 1.97. The minimum atomic E-state index is 0.740. The van der Waals surface area contributed by atoms with E-state index in [4.69, 9.17) is 0 Å². The third-order valence-electron chi connectivity index (χ3n) is 4.82. The quantitative estimate of drug-likeness (QED) is 0.765. The molecule has 1 unspecified atom stereocenters. The van der Waals surface area contributed by atoms with E-state index in [1.54, 1.807) is 0 Å². The molecule has 0 aromatic carbocycles. The highest BCUT2D eigenvalue weighted by molar-refractivity contribution is 4.77. The van der Waals surface area contributed by atoms with Gasteiger partial charge in [-0.2, -0.15) is 0 Å². The fourth-order valence-electron chi connectivity index (χ4n) is 3.19. The molecular formula is C15H30N2. The molecule has 0 radical (unpaired) electrons. The molecule has 2 fully saturated rings. The molecule has 100 valence electrons. The number of nitrogens with one attached hydrogen (secondary N) is 1. The van der Waals surface area contributed by atoms with Gasteiger partial charge in [-0.1, -0.05) is 26.2 Å². The molecule has 1 N–H and O–H groups in total. The van der Waals surface area contributed by atoms with E-state index >= 15 is 0 Å². The van der Waals surface area contributed by atoms with Gasteiger partial charge in [-0.3, -0.25) is 0 Å². The van der Waals surface area contributed by atoms with Gasteiger partial charge in [0.25, 0.3) is 0 Å². The number of piperidine rings is 1. The summed E-state index contributed by atoms with van der Waals surface area (Å²) in [6.45, 7) is 9.78. The normalized spacial score (nSPS) is 25.8. The molecule has 0 amide bonds. The van der Waals surface area contributed by atoms with Crippen molar-refractivity contribution in [3.63, 3.8) is 0 Å². The summed E-state index contributed by atoms with van der Waals surface area (Å²) in [6.07, 6.45) is 8.66. The molecule has 0 aromatic rings. The van der Waals surface area contributed by atoms with E-state index < -0.39 is 0 Å². The largest absolute Gasteiger partial charge is 0.314 e. The summed E-state index contributed by atoms with van der Waals surface area (Å²) in [6, 6.07) is 0.740. The van der Waals surface area contributed by atoms with Crippen molar-refractivity contribution in [1.29, 1.82) is 0 Å². The summed E-state index contributed by atoms with van der Waals surface area (Å²) in [5, 5.41) is 3.77. The number of nitrogens with zero attached hydrogens (tertiary/aromatic N) is 1. The highest BCUT2D eigenvalue weighted by Gasteiger charge is 2.21. The Hall–Kier alpha value is -0.0800. The third-order valence-corrected chi connectivity index (χ3v) is 4.82. The maximum atomic E-state index is 3.77. The summed E-state index contributed by atoms with van der Waals surface area (Å²) in [7, 11) is 0. The van der Waals surface area contributed by atoms with Crippen LogP contribution in [0.4, 0.5) is 0 Å². The molecule has 2 aliphatic rings. The summed E-state index contributed by atoms with van der Waals surface area (Å²) in [4.78, 5) is 2.58. The summed E-state index contributed by atoms with van der Waals surface area (Å²) >= 11 is 0. The first kappa shape index (κ1) is 13.4. The van der Waals surface area contributed by atoms with E-state index in [0.29, 0.717) is 0 Å². The van der Waals surface area contributed by atoms with E-state index in [0.717, 1.165) is 17.9 Å². The average molecular weight is 238 g/mol. The second-order valence-electron chi connectivity index (χ2n) is 6.22. The molecule has 1 saturated heterocycles. The molecule has 17 heavy (non-hydrogen) atoms. The lowest BCUT2D eigenvalue weighted by molar-refractivity contribution is 0.184. The summed E-state index contributed by atoms with van der Waals surface area (Å²) < 4.78 is 0. The maximum Gasteiger partial charge on any atom is 0.00414 e. The zero-order valence-corrected chi connectivity index (χ0v) is 11.8. The Morgan fingerprint density at radius 3 is 2.35 bits per heavy atom. The first-order valence-electron chi connectivity index (χ1n) is 7.73. The Labute approximate surface area is 107 Å². The monoisotopic (exact) mass is 238 g/mol. The molecule has 0 spiro atoms. The Morgan fingerprint density at radius 1 is 1.12 bits per heavy atom. The third kappa shape index (κ3) is 4.26. The van der Waals surface area contributed by atoms with Crippen molar-refractivity contribution in [3.8, 4) is 0 Å². The molecule has 1 aliphatic heterocycles. The first-order valence-corrected chi connectivity index (χ1v) is 7.73. The second-order valence-corrected chi connectivity index (χ2v) is 6.22. The van der Waals surface area contributed by atoms with Crippen molar-refractivity contribution >= 4 is 0 Å². The van der Waals surface area contributed by atoms with Crippen molar-refractivity contribution in [1.82, 2.24) is 10.2 Å². The van der Waals surface area contributed by atoms with Crippen LogP contribution in [0.2, 0.25) is 0 Å². The fourth-order valence-corrected chi connectivity index (χ4v) is 3.19. The van der Waals surface area contributed by atoms with Gasteiger partial charge in [0.1, 0.15) is 0 Å². The van der Waals surface area contributed by atoms with E-state index in [1.165, 1.54) is 64.7 Å². The van der Waals surface area contributed by atoms with Crippen molar-refractivity contribution in [2.45, 2.75) is 58.4 Å². The van der Waals surface area contributed by atoms with Gasteiger partial charge in [0.05, 0.1) is 0 Å². The van der Waals surface area contributed by atoms with Gasteiger partial charge in [0.2, 0.25) is 0 Å². The standard InChI is InChI=1S/C15H30N2/c1-3-17-9-7-15(8-10-17)12-16-13(2)11-14-5-4-6-14/h13-16H,3-12H2,1-2H3. The molecule has 1 heterocycles. The number of hydrogen-bond donors (Lipinski definition) is 1. The van der Waals surface area contributed by atoms with Crippen LogP contribution in [-0.2, 0) is 0 Å². The highest BCUT2D eigenvalue weighted by Crippen LogP contribution is 2.30. The van der Waals surface area contributed by atoms with Crippen LogP contribution in [0.3, 0.4) is 0 Å². The van der Waals surface area contributed by atoms with Gasteiger partial charge < -0.3 is 10.2 Å². The lowest BCUT2D eigenvalue weighted by Crippen LogP contribution is -2.39. The van der Waals surface area contributed by atoms with Gasteiger partial charge in [-0.05, 0) is 64.2 Å². The van der Waals surface area contributed by atoms with Gasteiger partial charge in [0.15, 0.2) is 0 Å². The molecule has 0 aromatic heterocycles. The molecule has 1 aliphatic carbocycles. The summed E-state index contributed by atoms with van der Waals surface area (Å²) in [5.41, 5.74) is 0. The molecule has 2 heteroatoms. The van der Waals surface area contributed by atoms with Gasteiger partial charge >= 0.3 is 0 Å². The molecule has 2 rings (SSSR count). The van der Waals surface area contributed by atoms with E-state index in [9.17, 15) is 0 Å². The van der Waals surface area contributed by atoms with Crippen molar-refractivity contribution in [3.05, 3.63) is 0 Å². The minimum Gasteiger partial charge on any atom is -0.314 e. The Kier molecular flexibility index (Phi) is 5.30. The fraction of sp³-hybridized carbons (Fsp3) is 1.00. The van der Waals surface area contributed by atoms with Crippen molar-refractivity contribution in [2.75, 3.05) is 26.2 Å². The van der Waals surface area contributed by atoms with Crippen LogP contribution in [0, 0.1) is 11.8 Å². The minimum absolute atomic E-state index is 0.740. The molecule has 1 saturated carbocycles. The van der Waals surface area contributed by atoms with Crippen LogP contribution in [0.5, 0.6) is 0 Å². The lowest BCUT2D eigenvalue weighted by atomic mass is 9.81. The lowest BCUT2D eigenvalue weighted by Gasteiger charge is -2.33. The van der Waals surface area contributed by atoms with Crippen LogP contribution in [0.1, 0.15) is 52.4 Å². The van der Waals surface area contributed by atoms with E-state index in [-0.39, 0.29) is 0 Å².